The number of nitrogens with one attached hydrogen (secondary N) is 1. The first-order valence-corrected chi connectivity index (χ1v) is 15.6. The van der Waals surface area contributed by atoms with Crippen molar-refractivity contribution in [2.24, 2.45) is 0 Å². The fourth-order valence-corrected chi connectivity index (χ4v) is 6.32. The van der Waals surface area contributed by atoms with E-state index in [1.165, 1.54) is 17.0 Å². The molecular formula is C28H30Cl2IN3O4S. The van der Waals surface area contributed by atoms with Gasteiger partial charge in [0.15, 0.2) is 0 Å². The highest BCUT2D eigenvalue weighted by atomic mass is 127. The summed E-state index contributed by atoms with van der Waals surface area (Å²) < 4.78 is 29.6. The van der Waals surface area contributed by atoms with Gasteiger partial charge in [-0.05, 0) is 91.4 Å². The Morgan fingerprint density at radius 1 is 0.923 bits per heavy atom. The molecule has 1 atom stereocenters. The van der Waals surface area contributed by atoms with Crippen LogP contribution in [0.15, 0.2) is 77.7 Å². The third-order valence-corrected chi connectivity index (χ3v) is 9.15. The van der Waals surface area contributed by atoms with Crippen molar-refractivity contribution in [1.29, 1.82) is 0 Å². The smallest absolute Gasteiger partial charge is 0.264 e. The highest BCUT2D eigenvalue weighted by Gasteiger charge is 2.34. The van der Waals surface area contributed by atoms with Crippen LogP contribution in [-0.4, -0.2) is 43.8 Å². The van der Waals surface area contributed by atoms with Gasteiger partial charge in [0.25, 0.3) is 10.0 Å². The van der Waals surface area contributed by atoms with Gasteiger partial charge < -0.3 is 10.2 Å². The summed E-state index contributed by atoms with van der Waals surface area (Å²) >= 11 is 15.0. The van der Waals surface area contributed by atoms with E-state index in [9.17, 15) is 18.0 Å². The van der Waals surface area contributed by atoms with E-state index in [2.05, 4.69) is 27.9 Å². The number of anilines is 1. The molecule has 0 saturated heterocycles. The van der Waals surface area contributed by atoms with Crippen molar-refractivity contribution in [2.75, 3.05) is 10.8 Å². The minimum absolute atomic E-state index is 0.0432. The molecule has 0 radical (unpaired) electrons. The molecule has 0 unspecified atom stereocenters. The number of carbonyl (C=O) groups is 2. The van der Waals surface area contributed by atoms with Gasteiger partial charge in [-0.3, -0.25) is 13.9 Å². The molecule has 208 valence electrons. The Morgan fingerprint density at radius 3 is 2.05 bits per heavy atom. The Bertz CT molecular complexity index is 1380. The molecule has 0 saturated carbocycles. The zero-order valence-corrected chi connectivity index (χ0v) is 26.3. The van der Waals surface area contributed by atoms with E-state index < -0.39 is 28.5 Å². The lowest BCUT2D eigenvalue weighted by molar-refractivity contribution is -0.140. The predicted octanol–water partition coefficient (Wildman–Crippen LogP) is 6.13. The molecule has 7 nitrogen and oxygen atoms in total. The van der Waals surface area contributed by atoms with E-state index in [0.29, 0.717) is 27.7 Å². The summed E-state index contributed by atoms with van der Waals surface area (Å²) in [7, 11) is -4.13. The molecule has 3 aromatic rings. The fourth-order valence-electron chi connectivity index (χ4n) is 4.01. The molecule has 39 heavy (non-hydrogen) atoms. The first kappa shape index (κ1) is 31.2. The van der Waals surface area contributed by atoms with Crippen LogP contribution >= 0.6 is 45.8 Å². The fraction of sp³-hybridized carbons (Fsp3) is 0.286. The highest BCUT2D eigenvalue weighted by Crippen LogP contribution is 2.29. The maximum Gasteiger partial charge on any atom is 0.264 e. The van der Waals surface area contributed by atoms with Crippen LogP contribution in [0, 0.1) is 3.57 Å². The van der Waals surface area contributed by atoms with E-state index >= 15 is 0 Å². The van der Waals surface area contributed by atoms with Crippen LogP contribution < -0.4 is 9.62 Å². The Labute approximate surface area is 253 Å². The molecule has 0 aliphatic carbocycles. The largest absolute Gasteiger partial charge is 0.352 e. The van der Waals surface area contributed by atoms with Gasteiger partial charge in [-0.1, -0.05) is 54.4 Å². The molecule has 0 aromatic heterocycles. The third kappa shape index (κ3) is 7.87. The van der Waals surface area contributed by atoms with Crippen LogP contribution in [0.2, 0.25) is 10.0 Å². The standard InChI is InChI=1S/C28H30Cl2IN3O4S/c1-4-26(28(36)32-19(2)3)33(17-23-24(29)11-8-12-25(23)30)27(35)18-34(21-15-13-20(31)14-16-21)39(37,38)22-9-6-5-7-10-22/h5-16,19,26H,4,17-18H2,1-3H3,(H,32,36)/t26-/m1/s1. The quantitative estimate of drug-likeness (QED) is 0.244. The van der Waals surface area contributed by atoms with Gasteiger partial charge in [0.05, 0.1) is 10.6 Å². The SMILES string of the molecule is CC[C@H](C(=O)NC(C)C)N(Cc1c(Cl)cccc1Cl)C(=O)CN(c1ccc(I)cc1)S(=O)(=O)c1ccccc1. The van der Waals surface area contributed by atoms with Gasteiger partial charge in [0.2, 0.25) is 11.8 Å². The summed E-state index contributed by atoms with van der Waals surface area (Å²) in [6.07, 6.45) is 0.293. The van der Waals surface area contributed by atoms with Gasteiger partial charge in [-0.2, -0.15) is 0 Å². The van der Waals surface area contributed by atoms with Crippen LogP contribution in [0.25, 0.3) is 0 Å². The highest BCUT2D eigenvalue weighted by molar-refractivity contribution is 14.1. The summed E-state index contributed by atoms with van der Waals surface area (Å²) in [5.41, 5.74) is 0.791. The van der Waals surface area contributed by atoms with Gasteiger partial charge in [-0.25, -0.2) is 8.42 Å². The lowest BCUT2D eigenvalue weighted by Crippen LogP contribution is -2.53. The summed E-state index contributed by atoms with van der Waals surface area (Å²) in [6.45, 7) is 4.83. The maximum absolute atomic E-state index is 14.0. The number of hydrogen-bond acceptors (Lipinski definition) is 4. The number of benzene rings is 3. The second-order valence-electron chi connectivity index (χ2n) is 9.11. The molecule has 3 rings (SSSR count). The molecule has 0 heterocycles. The number of carbonyl (C=O) groups excluding carboxylic acids is 2. The molecule has 11 heteroatoms. The Morgan fingerprint density at radius 2 is 1.51 bits per heavy atom. The molecular weight excluding hydrogens is 672 g/mol. The van der Waals surface area contributed by atoms with Gasteiger partial charge >= 0.3 is 0 Å². The summed E-state index contributed by atoms with van der Waals surface area (Å²) in [5, 5.41) is 3.54. The minimum atomic E-state index is -4.13. The zero-order valence-electron chi connectivity index (χ0n) is 21.8. The average Bonchev–Trinajstić information content (AvgIpc) is 2.89. The maximum atomic E-state index is 14.0. The molecule has 0 bridgehead atoms. The Kier molecular flexibility index (Phi) is 11.1. The zero-order chi connectivity index (χ0) is 28.7. The predicted molar refractivity (Wildman–Crippen MR) is 165 cm³/mol. The van der Waals surface area contributed by atoms with Crippen molar-refractivity contribution >= 4 is 73.3 Å². The number of amides is 2. The number of hydrogen-bond donors (Lipinski definition) is 1. The molecule has 0 aliphatic heterocycles. The number of nitrogens with zero attached hydrogens (tertiary/aromatic N) is 2. The van der Waals surface area contributed by atoms with Crippen LogP contribution in [0.3, 0.4) is 0 Å². The molecule has 3 aromatic carbocycles. The third-order valence-electron chi connectivity index (χ3n) is 5.93. The van der Waals surface area contributed by atoms with Crippen LogP contribution in [0.1, 0.15) is 32.8 Å². The number of sulfonamides is 1. The monoisotopic (exact) mass is 701 g/mol. The molecule has 0 aliphatic rings. The van der Waals surface area contributed by atoms with E-state index in [1.807, 2.05) is 13.8 Å². The van der Waals surface area contributed by atoms with Crippen LogP contribution in [0.4, 0.5) is 5.69 Å². The molecule has 1 N–H and O–H groups in total. The van der Waals surface area contributed by atoms with Gasteiger partial charge in [0, 0.05) is 31.8 Å². The lowest BCUT2D eigenvalue weighted by atomic mass is 10.1. The minimum Gasteiger partial charge on any atom is -0.352 e. The van der Waals surface area contributed by atoms with E-state index in [4.69, 9.17) is 23.2 Å². The summed E-state index contributed by atoms with van der Waals surface area (Å²) in [6, 6.07) is 18.7. The summed E-state index contributed by atoms with van der Waals surface area (Å²) in [5.74, 6) is -0.925. The average molecular weight is 702 g/mol. The van der Waals surface area contributed by atoms with E-state index in [-0.39, 0.29) is 23.4 Å². The molecule has 2 amide bonds. The Balaban J connectivity index is 2.09. The van der Waals surface area contributed by atoms with Crippen molar-refractivity contribution in [1.82, 2.24) is 10.2 Å². The van der Waals surface area contributed by atoms with Crippen molar-refractivity contribution in [3.8, 4) is 0 Å². The van der Waals surface area contributed by atoms with Crippen molar-refractivity contribution in [2.45, 2.75) is 50.7 Å². The lowest BCUT2D eigenvalue weighted by Gasteiger charge is -2.34. The summed E-state index contributed by atoms with van der Waals surface area (Å²) in [4.78, 5) is 28.6. The van der Waals surface area contributed by atoms with Crippen LogP contribution in [-0.2, 0) is 26.2 Å². The van der Waals surface area contributed by atoms with E-state index in [1.54, 1.807) is 67.6 Å². The van der Waals surface area contributed by atoms with Crippen molar-refractivity contribution in [3.05, 3.63) is 92.0 Å². The second kappa shape index (κ2) is 13.8. The van der Waals surface area contributed by atoms with Crippen LogP contribution in [0.5, 0.6) is 0 Å². The molecule has 0 fully saturated rings. The van der Waals surface area contributed by atoms with Crippen molar-refractivity contribution in [3.63, 3.8) is 0 Å². The van der Waals surface area contributed by atoms with Gasteiger partial charge in [-0.15, -0.1) is 0 Å². The van der Waals surface area contributed by atoms with Gasteiger partial charge in [0.1, 0.15) is 12.6 Å². The first-order valence-electron chi connectivity index (χ1n) is 12.3. The first-order chi connectivity index (χ1) is 18.4. The Hall–Kier alpha value is -2.34. The number of rotatable bonds is 11. The number of halogens is 3. The normalized spacial score (nSPS) is 12.2. The topological polar surface area (TPSA) is 86.8 Å². The van der Waals surface area contributed by atoms with Crippen molar-refractivity contribution < 1.29 is 18.0 Å². The second-order valence-corrected chi connectivity index (χ2v) is 13.0. The van der Waals surface area contributed by atoms with E-state index in [0.717, 1.165) is 7.88 Å². The molecule has 0 spiro atoms.